The topological polar surface area (TPSA) is 72.1 Å². The fourth-order valence-electron chi connectivity index (χ4n) is 3.29. The molecule has 0 spiro atoms. The highest BCUT2D eigenvalue weighted by Gasteiger charge is 2.12. The molecule has 0 bridgehead atoms. The van der Waals surface area contributed by atoms with Gasteiger partial charge in [0.1, 0.15) is 22.8 Å². The van der Waals surface area contributed by atoms with Crippen molar-refractivity contribution in [3.05, 3.63) is 79.0 Å². The molecule has 0 atom stereocenters. The van der Waals surface area contributed by atoms with Crippen LogP contribution in [0.25, 0.3) is 21.8 Å². The summed E-state index contributed by atoms with van der Waals surface area (Å²) in [6, 6.07) is 23.3. The first-order valence-electron chi connectivity index (χ1n) is 9.21. The first-order chi connectivity index (χ1) is 14.3. The third-order valence-electron chi connectivity index (χ3n) is 4.68. The van der Waals surface area contributed by atoms with Gasteiger partial charge in [-0.05, 0) is 42.5 Å². The van der Waals surface area contributed by atoms with E-state index in [2.05, 4.69) is 15.5 Å². The van der Waals surface area contributed by atoms with Gasteiger partial charge in [0, 0.05) is 22.5 Å². The standard InChI is InChI=1S/C23H18N4O2/c1-28-17-10-11-21-19(13-17)20-14-24-27-22(20)23(26-21)25-15-6-5-9-18(12-15)29-16-7-3-2-4-8-16/h2-14H,1H3,(H,24,27)(H,25,26). The van der Waals surface area contributed by atoms with Crippen LogP contribution in [0, 0.1) is 0 Å². The molecule has 2 N–H and O–H groups in total. The van der Waals surface area contributed by atoms with E-state index in [0.717, 1.165) is 44.7 Å². The maximum Gasteiger partial charge on any atom is 0.157 e. The van der Waals surface area contributed by atoms with Crippen molar-refractivity contribution in [2.75, 3.05) is 12.4 Å². The summed E-state index contributed by atoms with van der Waals surface area (Å²) in [6.07, 6.45) is 1.80. The average Bonchev–Trinajstić information content (AvgIpc) is 3.25. The number of aromatic amines is 1. The lowest BCUT2D eigenvalue weighted by Crippen LogP contribution is -1.96. The largest absolute Gasteiger partial charge is 0.497 e. The van der Waals surface area contributed by atoms with Crippen molar-refractivity contribution in [1.29, 1.82) is 0 Å². The van der Waals surface area contributed by atoms with Crippen molar-refractivity contribution in [2.24, 2.45) is 0 Å². The molecule has 2 heterocycles. The lowest BCUT2D eigenvalue weighted by atomic mass is 10.1. The molecule has 142 valence electrons. The zero-order valence-corrected chi connectivity index (χ0v) is 15.7. The fraction of sp³-hybridized carbons (Fsp3) is 0.0435. The second-order valence-corrected chi connectivity index (χ2v) is 6.57. The molecule has 5 aromatic rings. The molecule has 0 radical (unpaired) electrons. The van der Waals surface area contributed by atoms with Crippen molar-refractivity contribution < 1.29 is 9.47 Å². The molecule has 3 aromatic carbocycles. The lowest BCUT2D eigenvalue weighted by Gasteiger charge is -2.11. The Balaban J connectivity index is 1.51. The van der Waals surface area contributed by atoms with Gasteiger partial charge in [0.05, 0.1) is 18.8 Å². The summed E-state index contributed by atoms with van der Waals surface area (Å²) in [5.74, 6) is 3.02. The van der Waals surface area contributed by atoms with Crippen LogP contribution in [0.15, 0.2) is 79.0 Å². The number of pyridine rings is 1. The maximum absolute atomic E-state index is 5.93. The number of methoxy groups -OCH3 is 1. The molecule has 5 rings (SSSR count). The van der Waals surface area contributed by atoms with Gasteiger partial charge in [0.15, 0.2) is 5.82 Å². The predicted octanol–water partition coefficient (Wildman–Crippen LogP) is 5.66. The highest BCUT2D eigenvalue weighted by atomic mass is 16.5. The number of nitrogens with zero attached hydrogens (tertiary/aromatic N) is 2. The number of ether oxygens (including phenoxy) is 2. The molecular formula is C23H18N4O2. The molecule has 0 saturated heterocycles. The second kappa shape index (κ2) is 7.16. The van der Waals surface area contributed by atoms with Crippen LogP contribution >= 0.6 is 0 Å². The number of fused-ring (bicyclic) bond motifs is 3. The van der Waals surface area contributed by atoms with E-state index in [1.165, 1.54) is 0 Å². The highest BCUT2D eigenvalue weighted by molar-refractivity contribution is 6.09. The number of rotatable bonds is 5. The minimum absolute atomic E-state index is 0.701. The Morgan fingerprint density at radius 1 is 0.828 bits per heavy atom. The Morgan fingerprint density at radius 3 is 2.55 bits per heavy atom. The normalized spacial score (nSPS) is 10.9. The molecule has 6 nitrogen and oxygen atoms in total. The van der Waals surface area contributed by atoms with Crippen LogP contribution in [-0.4, -0.2) is 22.3 Å². The first kappa shape index (κ1) is 17.1. The Kier molecular flexibility index (Phi) is 4.22. The second-order valence-electron chi connectivity index (χ2n) is 6.57. The van der Waals surface area contributed by atoms with E-state index in [1.54, 1.807) is 13.3 Å². The number of aromatic nitrogens is 3. The summed E-state index contributed by atoms with van der Waals surface area (Å²) in [6.45, 7) is 0. The summed E-state index contributed by atoms with van der Waals surface area (Å²) < 4.78 is 11.3. The van der Waals surface area contributed by atoms with Crippen molar-refractivity contribution in [2.45, 2.75) is 0 Å². The van der Waals surface area contributed by atoms with Crippen molar-refractivity contribution in [3.8, 4) is 17.2 Å². The number of hydrogen-bond acceptors (Lipinski definition) is 5. The molecular weight excluding hydrogens is 364 g/mol. The zero-order chi connectivity index (χ0) is 19.6. The molecule has 0 aliphatic rings. The van der Waals surface area contributed by atoms with Gasteiger partial charge in [-0.15, -0.1) is 0 Å². The molecule has 0 aliphatic carbocycles. The number of anilines is 2. The third-order valence-corrected chi connectivity index (χ3v) is 4.68. The first-order valence-corrected chi connectivity index (χ1v) is 9.21. The van der Waals surface area contributed by atoms with Crippen LogP contribution in [0.1, 0.15) is 0 Å². The minimum atomic E-state index is 0.701. The number of nitrogens with one attached hydrogen (secondary N) is 2. The Bertz CT molecular complexity index is 1300. The van der Waals surface area contributed by atoms with Gasteiger partial charge >= 0.3 is 0 Å². The number of benzene rings is 3. The lowest BCUT2D eigenvalue weighted by molar-refractivity contribution is 0.415. The van der Waals surface area contributed by atoms with E-state index in [9.17, 15) is 0 Å². The highest BCUT2D eigenvalue weighted by Crippen LogP contribution is 2.32. The van der Waals surface area contributed by atoms with Crippen molar-refractivity contribution in [3.63, 3.8) is 0 Å². The molecule has 6 heteroatoms. The number of para-hydroxylation sites is 1. The van der Waals surface area contributed by atoms with Gasteiger partial charge in [-0.1, -0.05) is 24.3 Å². The quantitative estimate of drug-likeness (QED) is 0.411. The van der Waals surface area contributed by atoms with Gasteiger partial charge < -0.3 is 14.8 Å². The maximum atomic E-state index is 5.93. The Hall–Kier alpha value is -4.06. The minimum Gasteiger partial charge on any atom is -0.497 e. The molecule has 0 saturated carbocycles. The van der Waals surface area contributed by atoms with Gasteiger partial charge in [0.25, 0.3) is 0 Å². The molecule has 29 heavy (non-hydrogen) atoms. The Morgan fingerprint density at radius 2 is 1.69 bits per heavy atom. The summed E-state index contributed by atoms with van der Waals surface area (Å²) in [4.78, 5) is 4.78. The molecule has 0 unspecified atom stereocenters. The summed E-state index contributed by atoms with van der Waals surface area (Å²) in [7, 11) is 1.65. The smallest absolute Gasteiger partial charge is 0.157 e. The average molecular weight is 382 g/mol. The summed E-state index contributed by atoms with van der Waals surface area (Å²) in [5, 5.41) is 12.6. The molecule has 0 amide bonds. The van der Waals surface area contributed by atoms with Gasteiger partial charge in [-0.3, -0.25) is 5.10 Å². The van der Waals surface area contributed by atoms with E-state index in [-0.39, 0.29) is 0 Å². The number of H-pyrrole nitrogens is 1. The van der Waals surface area contributed by atoms with Gasteiger partial charge in [-0.25, -0.2) is 4.98 Å². The van der Waals surface area contributed by atoms with E-state index in [4.69, 9.17) is 14.5 Å². The number of hydrogen-bond donors (Lipinski definition) is 2. The van der Waals surface area contributed by atoms with E-state index in [0.29, 0.717) is 5.82 Å². The molecule has 2 aromatic heterocycles. The van der Waals surface area contributed by atoms with Crippen LogP contribution in [0.4, 0.5) is 11.5 Å². The van der Waals surface area contributed by atoms with Crippen LogP contribution in [0.2, 0.25) is 0 Å². The molecule has 0 aliphatic heterocycles. The SMILES string of the molecule is COc1ccc2nc(Nc3cccc(Oc4ccccc4)c3)c3[nH]ncc3c2c1. The zero-order valence-electron chi connectivity index (χ0n) is 15.7. The van der Waals surface area contributed by atoms with Gasteiger partial charge in [-0.2, -0.15) is 5.10 Å². The van der Waals surface area contributed by atoms with Gasteiger partial charge in [0.2, 0.25) is 0 Å². The van der Waals surface area contributed by atoms with Crippen LogP contribution < -0.4 is 14.8 Å². The van der Waals surface area contributed by atoms with Crippen LogP contribution in [0.3, 0.4) is 0 Å². The van der Waals surface area contributed by atoms with Crippen LogP contribution in [0.5, 0.6) is 17.2 Å². The van der Waals surface area contributed by atoms with Crippen LogP contribution in [-0.2, 0) is 0 Å². The third kappa shape index (κ3) is 3.32. The molecule has 0 fully saturated rings. The van der Waals surface area contributed by atoms with E-state index < -0.39 is 0 Å². The monoisotopic (exact) mass is 382 g/mol. The van der Waals surface area contributed by atoms with E-state index in [1.807, 2.05) is 72.8 Å². The fourth-order valence-corrected chi connectivity index (χ4v) is 3.29. The van der Waals surface area contributed by atoms with Crippen molar-refractivity contribution >= 4 is 33.3 Å². The predicted molar refractivity (Wildman–Crippen MR) is 114 cm³/mol. The summed E-state index contributed by atoms with van der Waals surface area (Å²) in [5.41, 5.74) is 2.56. The van der Waals surface area contributed by atoms with E-state index >= 15 is 0 Å². The Labute approximate surface area is 167 Å². The summed E-state index contributed by atoms with van der Waals surface area (Å²) >= 11 is 0. The van der Waals surface area contributed by atoms with Crippen molar-refractivity contribution in [1.82, 2.24) is 15.2 Å².